The van der Waals surface area contributed by atoms with E-state index in [0.717, 1.165) is 34.9 Å². The maximum atomic E-state index is 9.47. The molecule has 3 aromatic heterocycles. The van der Waals surface area contributed by atoms with Crippen molar-refractivity contribution in [2.24, 2.45) is 7.05 Å². The first-order valence-corrected chi connectivity index (χ1v) is 9.37. The summed E-state index contributed by atoms with van der Waals surface area (Å²) in [6.07, 6.45) is 5.03. The normalized spacial score (nSPS) is 15.8. The van der Waals surface area contributed by atoms with E-state index in [0.29, 0.717) is 12.5 Å². The van der Waals surface area contributed by atoms with Crippen LogP contribution in [0.2, 0.25) is 0 Å². The Hall–Kier alpha value is -3.00. The van der Waals surface area contributed by atoms with Crippen LogP contribution in [0.5, 0.6) is 0 Å². The van der Waals surface area contributed by atoms with E-state index in [1.807, 2.05) is 25.5 Å². The zero-order valence-corrected chi connectivity index (χ0v) is 16.6. The van der Waals surface area contributed by atoms with Crippen molar-refractivity contribution in [2.45, 2.75) is 32.3 Å². The molecule has 8 nitrogen and oxygen atoms in total. The molecule has 8 heteroatoms. The van der Waals surface area contributed by atoms with Gasteiger partial charge in [-0.25, -0.2) is 15.0 Å². The summed E-state index contributed by atoms with van der Waals surface area (Å²) in [5, 5.41) is 20.6. The van der Waals surface area contributed by atoms with Gasteiger partial charge in [-0.2, -0.15) is 5.10 Å². The third kappa shape index (κ3) is 3.43. The molecule has 0 saturated heterocycles. The number of rotatable bonds is 5. The summed E-state index contributed by atoms with van der Waals surface area (Å²) < 4.78 is 1.78. The van der Waals surface area contributed by atoms with Gasteiger partial charge in [-0.1, -0.05) is 13.8 Å². The third-order valence-corrected chi connectivity index (χ3v) is 4.90. The molecule has 1 aliphatic heterocycles. The van der Waals surface area contributed by atoms with Gasteiger partial charge >= 0.3 is 0 Å². The molecule has 3 N–H and O–H groups in total. The Kier molecular flexibility index (Phi) is 4.50. The Morgan fingerprint density at radius 1 is 1.36 bits per heavy atom. The molecule has 0 radical (unpaired) electrons. The molecule has 0 aromatic carbocycles. The zero-order chi connectivity index (χ0) is 19.9. The number of hydrogen-bond acceptors (Lipinski definition) is 7. The van der Waals surface area contributed by atoms with Crippen LogP contribution in [0.4, 0.5) is 11.8 Å². The Balaban J connectivity index is 1.74. The van der Waals surface area contributed by atoms with Crippen molar-refractivity contribution in [3.8, 4) is 22.5 Å². The number of aryl methyl sites for hydroxylation is 1. The number of aliphatic hydroxyl groups excluding tert-OH is 1. The highest BCUT2D eigenvalue weighted by molar-refractivity contribution is 5.80. The van der Waals surface area contributed by atoms with Crippen LogP contribution in [-0.4, -0.2) is 49.0 Å². The Morgan fingerprint density at radius 3 is 2.96 bits per heavy atom. The molecule has 0 amide bonds. The topological polar surface area (TPSA) is 101 Å². The van der Waals surface area contributed by atoms with Crippen molar-refractivity contribution in [3.05, 3.63) is 36.3 Å². The number of anilines is 2. The van der Waals surface area contributed by atoms with Crippen molar-refractivity contribution in [2.75, 3.05) is 23.7 Å². The maximum absolute atomic E-state index is 9.47. The van der Waals surface area contributed by atoms with Gasteiger partial charge in [0.05, 0.1) is 11.8 Å². The van der Waals surface area contributed by atoms with Crippen LogP contribution in [0, 0.1) is 0 Å². The standard InChI is InChI=1S/C20H25N7O/c1-12(28)8-23-19-21-6-5-16(25-19)14-10-27(4)26-17(14)13-7-15-18(22-9-13)24-11-20(15,2)3/h5-7,9-10,12,28H,8,11H2,1-4H3,(H,22,24)(H,21,23,25)/t12-/m0/s1. The lowest BCUT2D eigenvalue weighted by Gasteiger charge is -2.17. The first-order chi connectivity index (χ1) is 13.3. The smallest absolute Gasteiger partial charge is 0.223 e. The highest BCUT2D eigenvalue weighted by atomic mass is 16.3. The van der Waals surface area contributed by atoms with Crippen LogP contribution in [-0.2, 0) is 12.5 Å². The average molecular weight is 379 g/mol. The van der Waals surface area contributed by atoms with E-state index < -0.39 is 6.10 Å². The molecule has 0 bridgehead atoms. The van der Waals surface area contributed by atoms with E-state index >= 15 is 0 Å². The van der Waals surface area contributed by atoms with Gasteiger partial charge in [0.2, 0.25) is 5.95 Å². The van der Waals surface area contributed by atoms with Gasteiger partial charge in [0.1, 0.15) is 11.5 Å². The largest absolute Gasteiger partial charge is 0.392 e. The predicted molar refractivity (Wildman–Crippen MR) is 109 cm³/mol. The van der Waals surface area contributed by atoms with Gasteiger partial charge in [0, 0.05) is 60.8 Å². The van der Waals surface area contributed by atoms with Crippen LogP contribution >= 0.6 is 0 Å². The molecule has 0 saturated carbocycles. The molecule has 4 rings (SSSR count). The zero-order valence-electron chi connectivity index (χ0n) is 16.6. The molecule has 0 aliphatic carbocycles. The summed E-state index contributed by atoms with van der Waals surface area (Å²) in [5.41, 5.74) is 4.70. The molecule has 1 aliphatic rings. The molecule has 0 fully saturated rings. The van der Waals surface area contributed by atoms with Crippen molar-refractivity contribution in [3.63, 3.8) is 0 Å². The Morgan fingerprint density at radius 2 is 2.18 bits per heavy atom. The molecular weight excluding hydrogens is 354 g/mol. The quantitative estimate of drug-likeness (QED) is 0.626. The summed E-state index contributed by atoms with van der Waals surface area (Å²) >= 11 is 0. The summed E-state index contributed by atoms with van der Waals surface area (Å²) in [7, 11) is 1.90. The van der Waals surface area contributed by atoms with E-state index in [1.165, 1.54) is 5.56 Å². The van der Waals surface area contributed by atoms with E-state index in [-0.39, 0.29) is 5.41 Å². The van der Waals surface area contributed by atoms with Gasteiger partial charge in [-0.05, 0) is 19.1 Å². The number of fused-ring (bicyclic) bond motifs is 1. The minimum Gasteiger partial charge on any atom is -0.392 e. The average Bonchev–Trinajstić information content (AvgIpc) is 3.20. The lowest BCUT2D eigenvalue weighted by atomic mass is 9.87. The van der Waals surface area contributed by atoms with Crippen molar-refractivity contribution in [1.29, 1.82) is 0 Å². The van der Waals surface area contributed by atoms with Crippen LogP contribution in [0.25, 0.3) is 22.5 Å². The molecule has 0 unspecified atom stereocenters. The number of aromatic nitrogens is 5. The van der Waals surface area contributed by atoms with Crippen LogP contribution < -0.4 is 10.6 Å². The van der Waals surface area contributed by atoms with Crippen molar-refractivity contribution < 1.29 is 5.11 Å². The van der Waals surface area contributed by atoms with E-state index in [2.05, 4.69) is 50.6 Å². The van der Waals surface area contributed by atoms with Gasteiger partial charge in [-0.3, -0.25) is 4.68 Å². The lowest BCUT2D eigenvalue weighted by Crippen LogP contribution is -2.18. The minimum absolute atomic E-state index is 0.0281. The number of hydrogen-bond donors (Lipinski definition) is 3. The van der Waals surface area contributed by atoms with E-state index in [1.54, 1.807) is 17.8 Å². The van der Waals surface area contributed by atoms with Gasteiger partial charge < -0.3 is 15.7 Å². The second kappa shape index (κ2) is 6.87. The van der Waals surface area contributed by atoms with E-state index in [9.17, 15) is 5.11 Å². The SMILES string of the molecule is C[C@H](O)CNc1nccc(-c2cn(C)nc2-c2cnc3c(c2)C(C)(C)CN3)n1. The molecular formula is C20H25N7O. The van der Waals surface area contributed by atoms with Gasteiger partial charge in [0.15, 0.2) is 0 Å². The number of nitrogens with zero attached hydrogens (tertiary/aromatic N) is 5. The minimum atomic E-state index is -0.476. The van der Waals surface area contributed by atoms with Crippen molar-refractivity contribution in [1.82, 2.24) is 24.7 Å². The summed E-state index contributed by atoms with van der Waals surface area (Å²) in [4.78, 5) is 13.4. The first-order valence-electron chi connectivity index (χ1n) is 9.37. The Labute approximate surface area is 164 Å². The molecule has 28 heavy (non-hydrogen) atoms. The highest BCUT2D eigenvalue weighted by Gasteiger charge is 2.31. The highest BCUT2D eigenvalue weighted by Crippen LogP contribution is 2.38. The maximum Gasteiger partial charge on any atom is 0.223 e. The Bertz CT molecular complexity index is 1010. The van der Waals surface area contributed by atoms with Crippen LogP contribution in [0.3, 0.4) is 0 Å². The summed E-state index contributed by atoms with van der Waals surface area (Å²) in [6.45, 7) is 7.40. The number of nitrogens with one attached hydrogen (secondary N) is 2. The fourth-order valence-electron chi connectivity index (χ4n) is 3.37. The van der Waals surface area contributed by atoms with Gasteiger partial charge in [-0.15, -0.1) is 0 Å². The van der Waals surface area contributed by atoms with Crippen LogP contribution in [0.1, 0.15) is 26.3 Å². The van der Waals surface area contributed by atoms with E-state index in [4.69, 9.17) is 0 Å². The number of pyridine rings is 1. The van der Waals surface area contributed by atoms with Crippen molar-refractivity contribution >= 4 is 11.8 Å². The second-order valence-electron chi connectivity index (χ2n) is 7.92. The summed E-state index contributed by atoms with van der Waals surface area (Å²) in [5.74, 6) is 1.42. The molecule has 0 spiro atoms. The van der Waals surface area contributed by atoms with Crippen LogP contribution in [0.15, 0.2) is 30.7 Å². The van der Waals surface area contributed by atoms with Gasteiger partial charge in [0.25, 0.3) is 0 Å². The molecule has 4 heterocycles. The monoisotopic (exact) mass is 379 g/mol. The summed E-state index contributed by atoms with van der Waals surface area (Å²) in [6, 6.07) is 4.03. The molecule has 3 aromatic rings. The number of aliphatic hydroxyl groups is 1. The molecule has 146 valence electrons. The lowest BCUT2D eigenvalue weighted by molar-refractivity contribution is 0.208. The molecule has 1 atom stereocenters. The first kappa shape index (κ1) is 18.4. The second-order valence-corrected chi connectivity index (χ2v) is 7.92. The third-order valence-electron chi connectivity index (χ3n) is 4.90. The fourth-order valence-corrected chi connectivity index (χ4v) is 3.37. The predicted octanol–water partition coefficient (Wildman–Crippen LogP) is 2.43. The fraction of sp³-hybridized carbons (Fsp3) is 0.400.